The van der Waals surface area contributed by atoms with Gasteiger partial charge in [0, 0.05) is 25.8 Å². The number of carboxylic acids is 3. The lowest BCUT2D eigenvalue weighted by Crippen LogP contribution is -2.61. The van der Waals surface area contributed by atoms with Crippen molar-refractivity contribution in [2.24, 2.45) is 17.2 Å². The molecule has 3 rings (SSSR count). The van der Waals surface area contributed by atoms with E-state index in [9.17, 15) is 93.0 Å². The van der Waals surface area contributed by atoms with Gasteiger partial charge in [-0.25, -0.2) is 4.79 Å². The van der Waals surface area contributed by atoms with Gasteiger partial charge in [-0.1, -0.05) is 42.5 Å². The zero-order valence-electron chi connectivity index (χ0n) is 45.5. The minimum Gasteiger partial charge on any atom is -0.508 e. The van der Waals surface area contributed by atoms with Gasteiger partial charge in [0.15, 0.2) is 0 Å². The highest BCUT2D eigenvalue weighted by Gasteiger charge is 2.41. The van der Waals surface area contributed by atoms with Crippen LogP contribution in [0, 0.1) is 0 Å². The van der Waals surface area contributed by atoms with Crippen LogP contribution < -0.4 is 59.7 Å². The number of aromatic hydroxyl groups is 1. The number of hydrogen-bond donors (Lipinski definition) is 17. The van der Waals surface area contributed by atoms with E-state index >= 15 is 0 Å². The van der Waals surface area contributed by atoms with E-state index in [1.807, 2.05) is 0 Å². The summed E-state index contributed by atoms with van der Waals surface area (Å²) < 4.78 is 0. The zero-order valence-corrected chi connectivity index (χ0v) is 45.5. The Morgan fingerprint density at radius 1 is 0.627 bits per heavy atom. The van der Waals surface area contributed by atoms with Gasteiger partial charge >= 0.3 is 17.9 Å². The summed E-state index contributed by atoms with van der Waals surface area (Å²) in [6.45, 7) is -0.695. The van der Waals surface area contributed by atoms with Gasteiger partial charge in [0.05, 0.1) is 31.7 Å². The number of primary amides is 1. The van der Waals surface area contributed by atoms with Crippen molar-refractivity contribution in [3.05, 3.63) is 65.7 Å². The molecule has 2 aromatic carbocycles. The molecule has 31 heteroatoms. The lowest BCUT2D eigenvalue weighted by molar-refractivity contribution is -0.146. The van der Waals surface area contributed by atoms with Crippen molar-refractivity contribution < 1.29 is 93.0 Å². The van der Waals surface area contributed by atoms with E-state index in [-0.39, 0.29) is 57.4 Å². The maximum atomic E-state index is 14.2. The summed E-state index contributed by atoms with van der Waals surface area (Å²) in [4.78, 5) is 171. The van der Waals surface area contributed by atoms with Crippen LogP contribution in [0.2, 0.25) is 0 Å². The molecule has 0 aliphatic carbocycles. The standard InChI is InChI=1S/C52H74N12O19/c1-27(66)43(50(80)62-36(52(82)83)23-28-8-3-2-4-9-28)63-47(77)33(16-18-39(55)68)60-49(79)38-11-7-21-64(38)51(81)35(24-42(72)73)61-46(76)34(17-19-41(70)71)59-45(75)32(10-5-6-20-53)58-48(78)37(26-65)57-40(69)25-56-44(74)31(54)22-29-12-14-30(67)15-13-29/h2-4,8-9,12-15,27,31-38,43,65-67H,5-7,10-11,16-26,53-54H2,1H3,(H2,55,68)(H,56,74)(H,57,69)(H,58,78)(H,59,75)(H,60,79)(H,61,76)(H,62,80)(H,63,77)(H,70,71)(H,72,73)(H,82,83)/t27-,31+,32+,33+,34+,35+,36+,37+,38+,43+/m1/s1. The molecule has 1 fully saturated rings. The number of phenols is 1. The summed E-state index contributed by atoms with van der Waals surface area (Å²) in [5.74, 6) is -15.2. The first-order valence-electron chi connectivity index (χ1n) is 26.5. The van der Waals surface area contributed by atoms with Gasteiger partial charge in [0.2, 0.25) is 59.1 Å². The Morgan fingerprint density at radius 3 is 1.75 bits per heavy atom. The first-order chi connectivity index (χ1) is 39.2. The van der Waals surface area contributed by atoms with Gasteiger partial charge in [-0.3, -0.25) is 57.5 Å². The average Bonchev–Trinajstić information content (AvgIpc) is 3.94. The number of aliphatic hydroxyl groups is 2. The Bertz CT molecular complexity index is 2610. The van der Waals surface area contributed by atoms with Gasteiger partial charge in [0.25, 0.3) is 0 Å². The second kappa shape index (κ2) is 34.5. The third-order valence-electron chi connectivity index (χ3n) is 13.0. The number of aliphatic hydroxyl groups excluding tert-OH is 2. The maximum absolute atomic E-state index is 14.2. The van der Waals surface area contributed by atoms with Crippen LogP contribution in [0.25, 0.3) is 0 Å². The Kier molecular flexibility index (Phi) is 28.4. The van der Waals surface area contributed by atoms with Crippen LogP contribution in [0.3, 0.4) is 0 Å². The number of carboxylic acid groups (broad SMARTS) is 3. The maximum Gasteiger partial charge on any atom is 0.326 e. The van der Waals surface area contributed by atoms with E-state index in [1.165, 1.54) is 24.3 Å². The van der Waals surface area contributed by atoms with Crippen LogP contribution in [-0.2, 0) is 75.2 Å². The first-order valence-corrected chi connectivity index (χ1v) is 26.5. The quantitative estimate of drug-likeness (QED) is 0.0283. The monoisotopic (exact) mass is 1170 g/mol. The molecule has 0 saturated carbocycles. The van der Waals surface area contributed by atoms with Gasteiger partial charge in [-0.15, -0.1) is 0 Å². The second-order valence-electron chi connectivity index (χ2n) is 19.6. The molecule has 0 unspecified atom stereocenters. The number of unbranched alkanes of at least 4 members (excludes halogenated alkanes) is 1. The van der Waals surface area contributed by atoms with Crippen LogP contribution in [0.5, 0.6) is 5.75 Å². The largest absolute Gasteiger partial charge is 0.508 e. The normalized spacial score (nSPS) is 16.1. The minimum absolute atomic E-state index is 0.00869. The number of hydrogen-bond acceptors (Lipinski definition) is 18. The van der Waals surface area contributed by atoms with Gasteiger partial charge < -0.3 is 95.3 Å². The number of phenolic OH excluding ortho intramolecular Hbond substituents is 1. The topological polar surface area (TPSA) is 521 Å². The summed E-state index contributed by atoms with van der Waals surface area (Å²) in [5, 5.41) is 77.6. The zero-order chi connectivity index (χ0) is 61.9. The fraction of sp³-hybridized carbons (Fsp3) is 0.519. The molecule has 456 valence electrons. The summed E-state index contributed by atoms with van der Waals surface area (Å²) in [6, 6.07) is -0.685. The average molecular weight is 1170 g/mol. The summed E-state index contributed by atoms with van der Waals surface area (Å²) in [5.41, 5.74) is 18.0. The van der Waals surface area contributed by atoms with E-state index in [0.29, 0.717) is 17.5 Å². The molecule has 20 N–H and O–H groups in total. The third-order valence-corrected chi connectivity index (χ3v) is 13.0. The van der Waals surface area contributed by atoms with Crippen molar-refractivity contribution in [2.45, 2.75) is 144 Å². The van der Waals surface area contributed by atoms with Crippen molar-refractivity contribution in [1.29, 1.82) is 0 Å². The minimum atomic E-state index is -2.00. The fourth-order valence-electron chi connectivity index (χ4n) is 8.50. The van der Waals surface area contributed by atoms with Crippen LogP contribution in [-0.4, -0.2) is 199 Å². The number of carbonyl (C=O) groups excluding carboxylic acids is 10. The Balaban J connectivity index is 1.78. The van der Waals surface area contributed by atoms with Crippen LogP contribution >= 0.6 is 0 Å². The molecule has 1 aliphatic rings. The smallest absolute Gasteiger partial charge is 0.326 e. The molecule has 83 heavy (non-hydrogen) atoms. The molecule has 10 atom stereocenters. The summed E-state index contributed by atoms with van der Waals surface area (Å²) in [7, 11) is 0. The van der Waals surface area contributed by atoms with Crippen molar-refractivity contribution in [3.63, 3.8) is 0 Å². The van der Waals surface area contributed by atoms with Crippen molar-refractivity contribution in [3.8, 4) is 5.75 Å². The van der Waals surface area contributed by atoms with E-state index in [1.54, 1.807) is 30.3 Å². The predicted octanol–water partition coefficient (Wildman–Crippen LogP) is -5.80. The van der Waals surface area contributed by atoms with Gasteiger partial charge in [0.1, 0.15) is 54.1 Å². The van der Waals surface area contributed by atoms with Crippen molar-refractivity contribution in [1.82, 2.24) is 47.4 Å². The SMILES string of the molecule is C[C@@H](O)[C@H](NC(=O)[C@H](CCC(N)=O)NC(=O)[C@@H]1CCCN1C(=O)[C@H](CC(=O)O)NC(=O)[C@H](CCC(=O)O)NC(=O)[C@H](CCCCN)NC(=O)[C@H](CO)NC(=O)CNC(=O)[C@@H](N)Cc1ccc(O)cc1)C(=O)N[C@@H](Cc1ccccc1)C(=O)O. The fourth-order valence-corrected chi connectivity index (χ4v) is 8.50. The number of nitrogens with zero attached hydrogens (tertiary/aromatic N) is 1. The molecule has 0 bridgehead atoms. The van der Waals surface area contributed by atoms with E-state index < -0.39 is 183 Å². The highest BCUT2D eigenvalue weighted by Crippen LogP contribution is 2.21. The number of benzene rings is 2. The molecule has 1 saturated heterocycles. The highest BCUT2D eigenvalue weighted by molar-refractivity contribution is 5.99. The predicted molar refractivity (Wildman–Crippen MR) is 288 cm³/mol. The van der Waals surface area contributed by atoms with Crippen molar-refractivity contribution >= 4 is 77.0 Å². The Hall–Kier alpha value is -8.81. The number of amides is 10. The van der Waals surface area contributed by atoms with E-state index in [0.717, 1.165) is 11.8 Å². The molecule has 31 nitrogen and oxygen atoms in total. The van der Waals surface area contributed by atoms with Crippen LogP contribution in [0.4, 0.5) is 0 Å². The number of likely N-dealkylation sites (tertiary alicyclic amines) is 1. The number of aliphatic carboxylic acids is 3. The molecule has 1 heterocycles. The molecular formula is C52H74N12O19. The van der Waals surface area contributed by atoms with Crippen LogP contribution in [0.1, 0.15) is 82.3 Å². The number of rotatable bonds is 36. The molecular weight excluding hydrogens is 1100 g/mol. The summed E-state index contributed by atoms with van der Waals surface area (Å²) >= 11 is 0. The lowest BCUT2D eigenvalue weighted by atomic mass is 10.0. The lowest BCUT2D eigenvalue weighted by Gasteiger charge is -2.31. The van der Waals surface area contributed by atoms with E-state index in [4.69, 9.17) is 17.2 Å². The summed E-state index contributed by atoms with van der Waals surface area (Å²) in [6.07, 6.45) is -5.07. The van der Waals surface area contributed by atoms with Crippen LogP contribution in [0.15, 0.2) is 54.6 Å². The Labute approximate surface area is 475 Å². The van der Waals surface area contributed by atoms with Gasteiger partial charge in [-0.05, 0) is 88.1 Å². The third kappa shape index (κ3) is 23.7. The Morgan fingerprint density at radius 2 is 1.18 bits per heavy atom. The van der Waals surface area contributed by atoms with E-state index in [2.05, 4.69) is 42.5 Å². The molecule has 0 radical (unpaired) electrons. The molecule has 0 spiro atoms. The second-order valence-corrected chi connectivity index (χ2v) is 19.6. The molecule has 2 aromatic rings. The molecule has 10 amide bonds. The number of nitrogens with one attached hydrogen (secondary N) is 8. The number of carbonyl (C=O) groups is 13. The van der Waals surface area contributed by atoms with Gasteiger partial charge in [-0.2, -0.15) is 0 Å². The first kappa shape index (κ1) is 68.5. The molecule has 0 aromatic heterocycles. The molecule has 1 aliphatic heterocycles. The highest BCUT2D eigenvalue weighted by atomic mass is 16.4. The van der Waals surface area contributed by atoms with Crippen molar-refractivity contribution in [2.75, 3.05) is 26.2 Å². The number of nitrogens with two attached hydrogens (primary N) is 3.